The minimum absolute atomic E-state index is 0.0212. The molecule has 3 aromatic rings. The molecule has 3 aromatic heterocycles. The zero-order chi connectivity index (χ0) is 26.2. The van der Waals surface area contributed by atoms with Crippen molar-refractivity contribution in [2.75, 3.05) is 32.8 Å². The van der Waals surface area contributed by atoms with Gasteiger partial charge in [0, 0.05) is 89.7 Å². The summed E-state index contributed by atoms with van der Waals surface area (Å²) >= 11 is 0. The molecule has 2 N–H and O–H groups in total. The van der Waals surface area contributed by atoms with Crippen LogP contribution in [0.5, 0.6) is 0 Å². The Balaban J connectivity index is 1.53. The molecule has 2 unspecified atom stereocenters. The van der Waals surface area contributed by atoms with E-state index in [1.165, 1.54) is 0 Å². The number of hydrogen-bond donors (Lipinski definition) is 2. The lowest BCUT2D eigenvalue weighted by Gasteiger charge is -2.34. The number of morpholine rings is 1. The van der Waals surface area contributed by atoms with Crippen molar-refractivity contribution in [2.24, 2.45) is 5.41 Å². The van der Waals surface area contributed by atoms with Crippen molar-refractivity contribution in [3.8, 4) is 11.1 Å². The van der Waals surface area contributed by atoms with Crippen LogP contribution in [0.15, 0.2) is 54.6 Å². The summed E-state index contributed by atoms with van der Waals surface area (Å²) in [7, 11) is 0. The smallest absolute Gasteiger partial charge is 0.251 e. The fraction of sp³-hybridized carbons (Fsp3) is 0.414. The Morgan fingerprint density at radius 1 is 1.24 bits per heavy atom. The zero-order valence-corrected chi connectivity index (χ0v) is 22.0. The summed E-state index contributed by atoms with van der Waals surface area (Å²) in [5.74, 6) is -0.148. The van der Waals surface area contributed by atoms with Gasteiger partial charge in [-0.2, -0.15) is 0 Å². The Bertz CT molecular complexity index is 1360. The molecule has 0 saturated carbocycles. The van der Waals surface area contributed by atoms with Gasteiger partial charge in [-0.15, -0.1) is 0 Å². The van der Waals surface area contributed by atoms with Gasteiger partial charge in [-0.05, 0) is 44.5 Å². The fourth-order valence-electron chi connectivity index (χ4n) is 5.69. The molecule has 2 amide bonds. The van der Waals surface area contributed by atoms with E-state index in [1.54, 1.807) is 6.20 Å². The second kappa shape index (κ2) is 10.1. The number of nitrogens with one attached hydrogen (secondary N) is 2. The van der Waals surface area contributed by atoms with Crippen LogP contribution in [0.4, 0.5) is 0 Å². The molecule has 1 saturated heterocycles. The Morgan fingerprint density at radius 3 is 2.73 bits per heavy atom. The van der Waals surface area contributed by atoms with E-state index < -0.39 is 5.41 Å². The van der Waals surface area contributed by atoms with E-state index in [2.05, 4.69) is 44.1 Å². The van der Waals surface area contributed by atoms with Crippen molar-refractivity contribution in [3.05, 3.63) is 71.4 Å². The molecule has 5 rings (SSSR count). The number of aromatic nitrogens is 2. The number of carbonyl (C=O) groups is 2. The summed E-state index contributed by atoms with van der Waals surface area (Å²) in [5.41, 5.74) is 6.16. The Labute approximate surface area is 217 Å². The van der Waals surface area contributed by atoms with Gasteiger partial charge in [0.25, 0.3) is 5.91 Å². The van der Waals surface area contributed by atoms with Gasteiger partial charge in [-0.1, -0.05) is 19.1 Å². The highest BCUT2D eigenvalue weighted by molar-refractivity contribution is 5.97. The minimum Gasteiger partial charge on any atom is -0.379 e. The number of rotatable bonds is 6. The lowest BCUT2D eigenvalue weighted by molar-refractivity contribution is -0.122. The molecule has 2 atom stereocenters. The highest BCUT2D eigenvalue weighted by atomic mass is 16.5. The van der Waals surface area contributed by atoms with Crippen LogP contribution in [-0.2, 0) is 9.53 Å². The predicted molar refractivity (Wildman–Crippen MR) is 143 cm³/mol. The summed E-state index contributed by atoms with van der Waals surface area (Å²) in [5, 5.41) is 5.96. The summed E-state index contributed by atoms with van der Waals surface area (Å²) in [6, 6.07) is 8.16. The number of pyridine rings is 2. The van der Waals surface area contributed by atoms with Crippen LogP contribution in [0.1, 0.15) is 54.8 Å². The van der Waals surface area contributed by atoms with E-state index in [1.807, 2.05) is 51.2 Å². The highest BCUT2D eigenvalue weighted by Gasteiger charge is 2.31. The van der Waals surface area contributed by atoms with Crippen LogP contribution in [0.25, 0.3) is 16.6 Å². The number of carbonyl (C=O) groups excluding carboxylic acids is 2. The fourth-order valence-corrected chi connectivity index (χ4v) is 5.69. The Kier molecular flexibility index (Phi) is 6.88. The van der Waals surface area contributed by atoms with Crippen molar-refractivity contribution in [2.45, 2.75) is 40.2 Å². The van der Waals surface area contributed by atoms with Gasteiger partial charge in [-0.3, -0.25) is 19.5 Å². The summed E-state index contributed by atoms with van der Waals surface area (Å²) in [6.07, 6.45) is 8.14. The van der Waals surface area contributed by atoms with Crippen molar-refractivity contribution in [1.82, 2.24) is 24.9 Å². The lowest BCUT2D eigenvalue weighted by Crippen LogP contribution is -2.42. The maximum Gasteiger partial charge on any atom is 0.251 e. The van der Waals surface area contributed by atoms with Gasteiger partial charge in [0.1, 0.15) is 0 Å². The topological polar surface area (TPSA) is 88.0 Å². The number of ether oxygens (including phenoxy) is 1. The Hall–Kier alpha value is -3.49. The molecule has 8 nitrogen and oxygen atoms in total. The van der Waals surface area contributed by atoms with E-state index in [0.29, 0.717) is 31.7 Å². The van der Waals surface area contributed by atoms with Crippen LogP contribution in [0.3, 0.4) is 0 Å². The summed E-state index contributed by atoms with van der Waals surface area (Å²) in [6.45, 7) is 11.6. The van der Waals surface area contributed by atoms with E-state index in [0.717, 1.165) is 46.7 Å². The number of fused-ring (bicyclic) bond motifs is 1. The first-order chi connectivity index (χ1) is 17.7. The SMILES string of the molecule is CC1=CC(C)(CNC(=O)c2cc3cc(-c4cccnc4)cn3c(C(C)N3CCOCC3)c2C)CC(=O)N1. The summed E-state index contributed by atoms with van der Waals surface area (Å²) < 4.78 is 7.80. The van der Waals surface area contributed by atoms with Gasteiger partial charge in [0.2, 0.25) is 5.91 Å². The maximum absolute atomic E-state index is 13.6. The highest BCUT2D eigenvalue weighted by Crippen LogP contribution is 2.32. The third-order valence-electron chi connectivity index (χ3n) is 7.54. The van der Waals surface area contributed by atoms with E-state index in [9.17, 15) is 9.59 Å². The molecule has 0 bridgehead atoms. The van der Waals surface area contributed by atoms with Gasteiger partial charge in [0.15, 0.2) is 0 Å². The average molecular weight is 502 g/mol. The van der Waals surface area contributed by atoms with E-state index >= 15 is 0 Å². The molecule has 2 aliphatic heterocycles. The standard InChI is InChI=1S/C29H35N5O3/c1-19-14-29(4,15-26(35)32-19)18-31-28(36)25-13-24-12-23(22-6-5-7-30-16-22)17-34(24)27(20(25)2)21(3)33-8-10-37-11-9-33/h5-7,12-14,16-17,21H,8-11,15,18H2,1-4H3,(H,31,36)(H,32,35). The van der Waals surface area contributed by atoms with Crippen molar-refractivity contribution >= 4 is 17.3 Å². The first kappa shape index (κ1) is 25.2. The molecule has 5 heterocycles. The van der Waals surface area contributed by atoms with Gasteiger partial charge < -0.3 is 19.8 Å². The quantitative estimate of drug-likeness (QED) is 0.536. The van der Waals surface area contributed by atoms with E-state index in [-0.39, 0.29) is 17.9 Å². The van der Waals surface area contributed by atoms with Crippen molar-refractivity contribution in [3.63, 3.8) is 0 Å². The monoisotopic (exact) mass is 501 g/mol. The zero-order valence-electron chi connectivity index (χ0n) is 22.0. The van der Waals surface area contributed by atoms with Crippen LogP contribution < -0.4 is 10.6 Å². The normalized spacial score (nSPS) is 21.4. The molecular formula is C29H35N5O3. The maximum atomic E-state index is 13.6. The van der Waals surface area contributed by atoms with Crippen LogP contribution >= 0.6 is 0 Å². The Morgan fingerprint density at radius 2 is 2.03 bits per heavy atom. The van der Waals surface area contributed by atoms with Crippen LogP contribution in [-0.4, -0.2) is 58.9 Å². The minimum atomic E-state index is -0.424. The molecule has 194 valence electrons. The molecule has 8 heteroatoms. The van der Waals surface area contributed by atoms with Crippen molar-refractivity contribution in [1.29, 1.82) is 0 Å². The first-order valence-electron chi connectivity index (χ1n) is 12.9. The number of hydrogen-bond acceptors (Lipinski definition) is 5. The van der Waals surface area contributed by atoms with Crippen LogP contribution in [0, 0.1) is 12.3 Å². The molecule has 0 spiro atoms. The summed E-state index contributed by atoms with van der Waals surface area (Å²) in [4.78, 5) is 32.4. The van der Waals surface area contributed by atoms with Gasteiger partial charge in [0.05, 0.1) is 13.2 Å². The second-order valence-corrected chi connectivity index (χ2v) is 10.5. The molecule has 0 aromatic carbocycles. The average Bonchev–Trinajstić information content (AvgIpc) is 3.31. The largest absolute Gasteiger partial charge is 0.379 e. The number of nitrogens with zero attached hydrogens (tertiary/aromatic N) is 3. The first-order valence-corrected chi connectivity index (χ1v) is 12.9. The van der Waals surface area contributed by atoms with Gasteiger partial charge in [-0.25, -0.2) is 0 Å². The lowest BCUT2D eigenvalue weighted by atomic mass is 9.83. The third-order valence-corrected chi connectivity index (χ3v) is 7.54. The van der Waals surface area contributed by atoms with Crippen LogP contribution in [0.2, 0.25) is 0 Å². The second-order valence-electron chi connectivity index (χ2n) is 10.5. The number of amides is 2. The molecule has 0 radical (unpaired) electrons. The molecule has 2 aliphatic rings. The molecule has 37 heavy (non-hydrogen) atoms. The van der Waals surface area contributed by atoms with E-state index in [4.69, 9.17) is 4.74 Å². The molecule has 1 fully saturated rings. The van der Waals surface area contributed by atoms with Gasteiger partial charge >= 0.3 is 0 Å². The number of allylic oxidation sites excluding steroid dienone is 1. The third kappa shape index (κ3) is 5.17. The van der Waals surface area contributed by atoms with Crippen molar-refractivity contribution < 1.29 is 14.3 Å². The molecule has 0 aliphatic carbocycles. The molecular weight excluding hydrogens is 466 g/mol. The predicted octanol–water partition coefficient (Wildman–Crippen LogP) is 3.86.